The summed E-state index contributed by atoms with van der Waals surface area (Å²) >= 11 is 0. The molecule has 3 aliphatic carbocycles. The van der Waals surface area contributed by atoms with Gasteiger partial charge in [0.1, 0.15) is 5.82 Å². The van der Waals surface area contributed by atoms with E-state index in [9.17, 15) is 0 Å². The van der Waals surface area contributed by atoms with Gasteiger partial charge in [-0.15, -0.1) is 0 Å². The first kappa shape index (κ1) is 32.5. The van der Waals surface area contributed by atoms with Gasteiger partial charge in [0.05, 0.1) is 0 Å². The summed E-state index contributed by atoms with van der Waals surface area (Å²) in [5, 5.41) is 0. The maximum Gasteiger partial charge on any atom is 0.163 e. The van der Waals surface area contributed by atoms with Crippen molar-refractivity contribution < 1.29 is 0 Å². The van der Waals surface area contributed by atoms with E-state index >= 15 is 0 Å². The Morgan fingerprint density at radius 2 is 0.852 bits per heavy atom. The molecule has 0 aliphatic heterocycles. The minimum absolute atomic E-state index is 0.0366. The van der Waals surface area contributed by atoms with Gasteiger partial charge in [-0.25, -0.2) is 15.0 Å². The van der Waals surface area contributed by atoms with E-state index in [-0.39, 0.29) is 16.7 Å². The zero-order valence-corrected chi connectivity index (χ0v) is 31.1. The Bertz CT molecular complexity index is 2510. The van der Waals surface area contributed by atoms with Gasteiger partial charge in [-0.2, -0.15) is 0 Å². The van der Waals surface area contributed by atoms with Crippen molar-refractivity contribution >= 4 is 0 Å². The second kappa shape index (κ2) is 12.2. The van der Waals surface area contributed by atoms with E-state index < -0.39 is 0 Å². The fraction of sp³-hybridized carbons (Fsp3) is 0.157. The van der Waals surface area contributed by atoms with E-state index in [0.717, 1.165) is 23.4 Å². The fourth-order valence-electron chi connectivity index (χ4n) is 8.98. The first-order valence-corrected chi connectivity index (χ1v) is 19.1. The van der Waals surface area contributed by atoms with Crippen LogP contribution in [0.4, 0.5) is 0 Å². The van der Waals surface area contributed by atoms with Crippen LogP contribution in [0.1, 0.15) is 68.1 Å². The molecule has 0 radical (unpaired) electrons. The predicted molar refractivity (Wildman–Crippen MR) is 222 cm³/mol. The number of hydrogen-bond donors (Lipinski definition) is 0. The van der Waals surface area contributed by atoms with Gasteiger partial charge < -0.3 is 0 Å². The van der Waals surface area contributed by atoms with Crippen LogP contribution in [0, 0.1) is 0 Å². The Morgan fingerprint density at radius 3 is 1.31 bits per heavy atom. The third-order valence-electron chi connectivity index (χ3n) is 12.1. The van der Waals surface area contributed by atoms with Crippen LogP contribution in [-0.2, 0) is 10.8 Å². The summed E-state index contributed by atoms with van der Waals surface area (Å²) < 4.78 is 0. The zero-order valence-electron chi connectivity index (χ0n) is 31.1. The molecular formula is C51H41N3. The van der Waals surface area contributed by atoms with Gasteiger partial charge in [0.2, 0.25) is 0 Å². The Morgan fingerprint density at radius 1 is 0.426 bits per heavy atom. The van der Waals surface area contributed by atoms with Crippen molar-refractivity contribution in [3.05, 3.63) is 186 Å². The normalized spacial score (nSPS) is 16.8. The molecule has 10 rings (SSSR count). The Hall–Kier alpha value is -6.19. The lowest BCUT2D eigenvalue weighted by molar-refractivity contribution is 0.660. The summed E-state index contributed by atoms with van der Waals surface area (Å²) in [4.78, 5) is 15.2. The molecule has 3 nitrogen and oxygen atoms in total. The minimum atomic E-state index is -0.0366. The third-order valence-corrected chi connectivity index (χ3v) is 12.1. The molecule has 0 bridgehead atoms. The van der Waals surface area contributed by atoms with Crippen molar-refractivity contribution in [2.24, 2.45) is 0 Å². The molecule has 0 fully saturated rings. The molecule has 0 amide bonds. The molecule has 1 unspecified atom stereocenters. The highest BCUT2D eigenvalue weighted by molar-refractivity contribution is 5.85. The summed E-state index contributed by atoms with van der Waals surface area (Å²) in [7, 11) is 0. The van der Waals surface area contributed by atoms with E-state index in [4.69, 9.17) is 15.0 Å². The Labute approximate surface area is 317 Å². The van der Waals surface area contributed by atoms with Crippen molar-refractivity contribution in [2.45, 2.75) is 50.9 Å². The van der Waals surface area contributed by atoms with Gasteiger partial charge in [0.25, 0.3) is 0 Å². The molecule has 6 aromatic carbocycles. The van der Waals surface area contributed by atoms with Gasteiger partial charge >= 0.3 is 0 Å². The average molecular weight is 696 g/mol. The van der Waals surface area contributed by atoms with Crippen molar-refractivity contribution in [3.8, 4) is 67.3 Å². The van der Waals surface area contributed by atoms with Crippen LogP contribution in [0.3, 0.4) is 0 Å². The van der Waals surface area contributed by atoms with Gasteiger partial charge in [0, 0.05) is 27.9 Å². The van der Waals surface area contributed by atoms with Crippen molar-refractivity contribution in [2.75, 3.05) is 0 Å². The second-order valence-corrected chi connectivity index (χ2v) is 16.0. The number of rotatable bonds is 5. The Balaban J connectivity index is 0.976. The Kier molecular flexibility index (Phi) is 7.32. The molecule has 1 atom stereocenters. The van der Waals surface area contributed by atoms with Crippen LogP contribution in [0.2, 0.25) is 0 Å². The lowest BCUT2D eigenvalue weighted by atomic mass is 9.81. The summed E-state index contributed by atoms with van der Waals surface area (Å²) in [6.07, 6.45) is 9.43. The van der Waals surface area contributed by atoms with Gasteiger partial charge in [-0.3, -0.25) is 0 Å². The second-order valence-electron chi connectivity index (χ2n) is 16.0. The van der Waals surface area contributed by atoms with Crippen molar-refractivity contribution in [1.82, 2.24) is 15.0 Å². The first-order valence-electron chi connectivity index (χ1n) is 19.1. The monoisotopic (exact) mass is 695 g/mol. The van der Waals surface area contributed by atoms with E-state index in [1.807, 2.05) is 0 Å². The number of benzene rings is 6. The van der Waals surface area contributed by atoms with Gasteiger partial charge in [-0.1, -0.05) is 173 Å². The summed E-state index contributed by atoms with van der Waals surface area (Å²) in [5.41, 5.74) is 17.6. The third kappa shape index (κ3) is 5.14. The maximum atomic E-state index is 5.09. The molecule has 0 saturated carbocycles. The number of aromatic nitrogens is 3. The van der Waals surface area contributed by atoms with Gasteiger partial charge in [0.15, 0.2) is 11.6 Å². The number of nitrogens with zero attached hydrogens (tertiary/aromatic N) is 3. The van der Waals surface area contributed by atoms with E-state index in [1.165, 1.54) is 66.8 Å². The molecular weight excluding hydrogens is 655 g/mol. The molecule has 3 aliphatic rings. The lowest BCUT2D eigenvalue weighted by Gasteiger charge is -2.22. The first-order chi connectivity index (χ1) is 26.3. The zero-order chi connectivity index (χ0) is 36.6. The number of fused-ring (bicyclic) bond motifs is 6. The highest BCUT2D eigenvalue weighted by Crippen LogP contribution is 2.51. The lowest BCUT2D eigenvalue weighted by Crippen LogP contribution is -2.14. The van der Waals surface area contributed by atoms with Crippen LogP contribution in [0.5, 0.6) is 0 Å². The van der Waals surface area contributed by atoms with E-state index in [1.54, 1.807) is 0 Å². The molecule has 260 valence electrons. The molecule has 0 spiro atoms. The molecule has 1 aromatic heterocycles. The maximum absolute atomic E-state index is 5.09. The predicted octanol–water partition coefficient (Wildman–Crippen LogP) is 12.8. The molecule has 54 heavy (non-hydrogen) atoms. The molecule has 0 N–H and O–H groups in total. The molecule has 3 heteroatoms. The summed E-state index contributed by atoms with van der Waals surface area (Å²) in [6, 6.07) is 48.8. The molecule has 0 saturated heterocycles. The molecule has 7 aromatic rings. The highest BCUT2D eigenvalue weighted by atomic mass is 15.0. The van der Waals surface area contributed by atoms with Crippen molar-refractivity contribution in [3.63, 3.8) is 0 Å². The standard InChI is InChI=1S/C51H41N3/c1-50(2)43-16-10-8-14-39(43)41-28-26-37(30-45(41)50)32-18-22-35(23-19-32)48-52-47(34-12-6-5-7-13-34)53-49(54-48)36-24-20-33(21-25-36)38-27-29-42-40-15-9-11-17-44(40)51(3,4)46(42)31-38/h5-12,14-31,34H,13H2,1-4H3. The minimum Gasteiger partial charge on any atom is -0.212 e. The summed E-state index contributed by atoms with van der Waals surface area (Å²) in [5.74, 6) is 2.29. The van der Waals surface area contributed by atoms with Crippen LogP contribution >= 0.6 is 0 Å². The van der Waals surface area contributed by atoms with Crippen LogP contribution in [-0.4, -0.2) is 15.0 Å². The van der Waals surface area contributed by atoms with Crippen LogP contribution in [0.25, 0.3) is 67.3 Å². The van der Waals surface area contributed by atoms with E-state index in [2.05, 4.69) is 185 Å². The topological polar surface area (TPSA) is 38.7 Å². The largest absolute Gasteiger partial charge is 0.212 e. The average Bonchev–Trinajstić information content (AvgIpc) is 3.60. The molecule has 1 heterocycles. The van der Waals surface area contributed by atoms with Crippen molar-refractivity contribution in [1.29, 1.82) is 0 Å². The SMILES string of the molecule is CC1(C)c2ccccc2-c2ccc(-c3ccc(-c4nc(-c5ccc(-c6ccc7c(c6)C(C)(C)c6ccccc6-7)cc5)nc(C5C=CC=CC5)n4)cc3)cc21. The summed E-state index contributed by atoms with van der Waals surface area (Å²) in [6.45, 7) is 9.33. The highest BCUT2D eigenvalue weighted by Gasteiger charge is 2.36. The van der Waals surface area contributed by atoms with E-state index in [0.29, 0.717) is 11.6 Å². The number of allylic oxidation sites excluding steroid dienone is 4. The number of hydrogen-bond acceptors (Lipinski definition) is 3. The smallest absolute Gasteiger partial charge is 0.163 e. The van der Waals surface area contributed by atoms with Crippen LogP contribution < -0.4 is 0 Å². The fourth-order valence-corrected chi connectivity index (χ4v) is 8.98. The quantitative estimate of drug-likeness (QED) is 0.180. The van der Waals surface area contributed by atoms with Crippen LogP contribution in [0.15, 0.2) is 158 Å². The van der Waals surface area contributed by atoms with Gasteiger partial charge in [-0.05, 0) is 85.3 Å².